The van der Waals surface area contributed by atoms with E-state index in [4.69, 9.17) is 5.73 Å². The van der Waals surface area contributed by atoms with Crippen LogP contribution in [-0.2, 0) is 7.05 Å². The maximum Gasteiger partial charge on any atom is 0.275 e. The summed E-state index contributed by atoms with van der Waals surface area (Å²) < 4.78 is 1.60. The number of nitrogen functional groups attached to an aromatic ring is 1. The first-order valence-electron chi connectivity index (χ1n) is 4.16. The molecule has 0 aliphatic heterocycles. The van der Waals surface area contributed by atoms with Gasteiger partial charge >= 0.3 is 0 Å². The summed E-state index contributed by atoms with van der Waals surface area (Å²) in [6, 6.07) is 0. The van der Waals surface area contributed by atoms with E-state index in [0.29, 0.717) is 16.5 Å². The zero-order valence-electron chi connectivity index (χ0n) is 7.97. The van der Waals surface area contributed by atoms with E-state index in [1.165, 1.54) is 11.3 Å². The Morgan fingerprint density at radius 1 is 1.67 bits per heavy atom. The second-order valence-electron chi connectivity index (χ2n) is 2.93. The normalized spacial score (nSPS) is 10.2. The van der Waals surface area contributed by atoms with Gasteiger partial charge in [0.1, 0.15) is 5.69 Å². The Balaban J connectivity index is 2.10. The Labute approximate surface area is 89.7 Å². The van der Waals surface area contributed by atoms with Crippen LogP contribution in [0.5, 0.6) is 0 Å². The predicted molar refractivity (Wildman–Crippen MR) is 57.7 cm³/mol. The molecule has 0 aliphatic rings. The van der Waals surface area contributed by atoms with Gasteiger partial charge in [0.2, 0.25) is 0 Å². The zero-order chi connectivity index (χ0) is 10.8. The third-order valence-corrected chi connectivity index (χ3v) is 2.39. The quantitative estimate of drug-likeness (QED) is 0.785. The summed E-state index contributed by atoms with van der Waals surface area (Å²) in [4.78, 5) is 15.4. The molecule has 0 bridgehead atoms. The largest absolute Gasteiger partial charge is 0.375 e. The maximum atomic E-state index is 11.6. The van der Waals surface area contributed by atoms with Gasteiger partial charge in [-0.15, -0.1) is 11.3 Å². The van der Waals surface area contributed by atoms with Crippen molar-refractivity contribution in [2.75, 3.05) is 11.1 Å². The Bertz CT molecular complexity index is 489. The minimum atomic E-state index is -0.282. The average molecular weight is 223 g/mol. The van der Waals surface area contributed by atoms with Crippen LogP contribution in [0.2, 0.25) is 0 Å². The van der Waals surface area contributed by atoms with Gasteiger partial charge in [0.25, 0.3) is 5.91 Å². The van der Waals surface area contributed by atoms with Crippen molar-refractivity contribution in [3.63, 3.8) is 0 Å². The summed E-state index contributed by atoms with van der Waals surface area (Å²) in [5.74, 6) is -0.282. The fourth-order valence-corrected chi connectivity index (χ4v) is 1.62. The molecule has 3 N–H and O–H groups in total. The number of thiazole rings is 1. The molecule has 7 heteroatoms. The molecule has 2 rings (SSSR count). The molecule has 0 radical (unpaired) electrons. The van der Waals surface area contributed by atoms with E-state index in [0.717, 1.165) is 0 Å². The van der Waals surface area contributed by atoms with E-state index >= 15 is 0 Å². The van der Waals surface area contributed by atoms with Crippen LogP contribution < -0.4 is 11.1 Å². The number of hydrogen-bond acceptors (Lipinski definition) is 5. The summed E-state index contributed by atoms with van der Waals surface area (Å²) >= 11 is 1.23. The van der Waals surface area contributed by atoms with E-state index in [2.05, 4.69) is 15.4 Å². The lowest BCUT2D eigenvalue weighted by molar-refractivity contribution is 0.102. The number of anilines is 2. The molecule has 0 aliphatic carbocycles. The van der Waals surface area contributed by atoms with Gasteiger partial charge in [-0.25, -0.2) is 4.98 Å². The molecule has 15 heavy (non-hydrogen) atoms. The Kier molecular flexibility index (Phi) is 2.38. The maximum absolute atomic E-state index is 11.6. The molecule has 2 heterocycles. The molecule has 2 aromatic heterocycles. The van der Waals surface area contributed by atoms with Crippen molar-refractivity contribution in [1.82, 2.24) is 14.8 Å². The Morgan fingerprint density at radius 2 is 2.47 bits per heavy atom. The van der Waals surface area contributed by atoms with Crippen LogP contribution >= 0.6 is 11.3 Å². The van der Waals surface area contributed by atoms with E-state index in [-0.39, 0.29) is 5.91 Å². The van der Waals surface area contributed by atoms with Gasteiger partial charge in [0.15, 0.2) is 5.13 Å². The summed E-state index contributed by atoms with van der Waals surface area (Å²) in [5, 5.41) is 8.58. The average Bonchev–Trinajstić information content (AvgIpc) is 2.75. The molecule has 0 aromatic carbocycles. The van der Waals surface area contributed by atoms with Crippen LogP contribution in [0.4, 0.5) is 10.8 Å². The van der Waals surface area contributed by atoms with Crippen LogP contribution in [-0.4, -0.2) is 20.7 Å². The molecule has 0 fully saturated rings. The molecule has 2 aromatic rings. The number of amides is 1. The van der Waals surface area contributed by atoms with Crippen LogP contribution in [0.15, 0.2) is 17.8 Å². The van der Waals surface area contributed by atoms with Crippen molar-refractivity contribution < 1.29 is 4.79 Å². The van der Waals surface area contributed by atoms with Gasteiger partial charge in [-0.1, -0.05) is 0 Å². The topological polar surface area (TPSA) is 85.8 Å². The number of nitrogens with zero attached hydrogens (tertiary/aromatic N) is 3. The number of aromatic nitrogens is 3. The lowest BCUT2D eigenvalue weighted by Crippen LogP contribution is -2.11. The highest BCUT2D eigenvalue weighted by Crippen LogP contribution is 2.13. The highest BCUT2D eigenvalue weighted by atomic mass is 32.1. The monoisotopic (exact) mass is 223 g/mol. The molecule has 78 valence electrons. The fraction of sp³-hybridized carbons (Fsp3) is 0.125. The van der Waals surface area contributed by atoms with Crippen molar-refractivity contribution in [3.05, 3.63) is 23.5 Å². The summed E-state index contributed by atoms with van der Waals surface area (Å²) in [5.41, 5.74) is 6.38. The van der Waals surface area contributed by atoms with Crippen LogP contribution in [0.25, 0.3) is 0 Å². The second-order valence-corrected chi connectivity index (χ2v) is 3.82. The summed E-state index contributed by atoms with van der Waals surface area (Å²) in [6.07, 6.45) is 3.27. The molecule has 0 spiro atoms. The van der Waals surface area contributed by atoms with Crippen molar-refractivity contribution >= 4 is 28.1 Å². The third-order valence-electron chi connectivity index (χ3n) is 1.72. The van der Waals surface area contributed by atoms with Gasteiger partial charge in [-0.05, 0) is 0 Å². The Hall–Kier alpha value is -1.89. The van der Waals surface area contributed by atoms with E-state index in [9.17, 15) is 4.79 Å². The molecular formula is C8H9N5OS. The lowest BCUT2D eigenvalue weighted by Gasteiger charge is -1.97. The number of hydrogen-bond donors (Lipinski definition) is 2. The van der Waals surface area contributed by atoms with Gasteiger partial charge in [0, 0.05) is 18.6 Å². The van der Waals surface area contributed by atoms with Gasteiger partial charge in [-0.2, -0.15) is 5.10 Å². The van der Waals surface area contributed by atoms with Crippen molar-refractivity contribution in [2.24, 2.45) is 7.05 Å². The first-order chi connectivity index (χ1) is 7.15. The van der Waals surface area contributed by atoms with E-state index < -0.39 is 0 Å². The van der Waals surface area contributed by atoms with Gasteiger partial charge in [-0.3, -0.25) is 9.48 Å². The highest BCUT2D eigenvalue weighted by molar-refractivity contribution is 7.13. The molecule has 6 nitrogen and oxygen atoms in total. The van der Waals surface area contributed by atoms with Crippen molar-refractivity contribution in [2.45, 2.75) is 0 Å². The zero-order valence-corrected chi connectivity index (χ0v) is 8.78. The first-order valence-corrected chi connectivity index (χ1v) is 5.04. The number of carbonyl (C=O) groups is 1. The number of nitrogens with two attached hydrogens (primary N) is 1. The number of nitrogens with one attached hydrogen (secondary N) is 1. The highest BCUT2D eigenvalue weighted by Gasteiger charge is 2.10. The SMILES string of the molecule is Cn1cc(NC(=O)c2csc(N)n2)cn1. The smallest absolute Gasteiger partial charge is 0.275 e. The van der Waals surface area contributed by atoms with E-state index in [1.807, 2.05) is 0 Å². The minimum Gasteiger partial charge on any atom is -0.375 e. The second kappa shape index (κ2) is 3.70. The molecule has 1 amide bonds. The van der Waals surface area contributed by atoms with Crippen LogP contribution in [0.1, 0.15) is 10.5 Å². The molecule has 0 unspecified atom stereocenters. The van der Waals surface area contributed by atoms with Crippen LogP contribution in [0.3, 0.4) is 0 Å². The molecule has 0 saturated heterocycles. The molecule has 0 saturated carbocycles. The summed E-state index contributed by atoms with van der Waals surface area (Å²) in [6.45, 7) is 0. The van der Waals surface area contributed by atoms with Crippen molar-refractivity contribution in [3.8, 4) is 0 Å². The van der Waals surface area contributed by atoms with Crippen LogP contribution in [0, 0.1) is 0 Å². The van der Waals surface area contributed by atoms with E-state index in [1.54, 1.807) is 29.5 Å². The van der Waals surface area contributed by atoms with Crippen molar-refractivity contribution in [1.29, 1.82) is 0 Å². The first kappa shape index (κ1) is 9.66. The number of carbonyl (C=O) groups excluding carboxylic acids is 1. The van der Waals surface area contributed by atoms with Gasteiger partial charge in [0.05, 0.1) is 11.9 Å². The standard InChI is InChI=1S/C8H9N5OS/c1-13-3-5(2-10-13)11-7(14)6-4-15-8(9)12-6/h2-4H,1H3,(H2,9,12)(H,11,14). The minimum absolute atomic E-state index is 0.282. The van der Waals surface area contributed by atoms with Gasteiger partial charge < -0.3 is 11.1 Å². The predicted octanol–water partition coefficient (Wildman–Crippen LogP) is 0.711. The Morgan fingerprint density at radius 3 is 3.00 bits per heavy atom. The fourth-order valence-electron chi connectivity index (χ4n) is 1.07. The number of rotatable bonds is 2. The molecular weight excluding hydrogens is 214 g/mol. The molecule has 0 atom stereocenters. The lowest BCUT2D eigenvalue weighted by atomic mass is 10.4. The number of aryl methyl sites for hydroxylation is 1. The summed E-state index contributed by atoms with van der Waals surface area (Å²) in [7, 11) is 1.77. The third kappa shape index (κ3) is 2.13.